The van der Waals surface area contributed by atoms with Gasteiger partial charge in [-0.3, -0.25) is 14.4 Å². The largest absolute Gasteiger partial charge is 0.468 e. The zero-order chi connectivity index (χ0) is 17.1. The molecule has 0 aliphatic carbocycles. The van der Waals surface area contributed by atoms with Crippen LogP contribution in [0.2, 0.25) is 0 Å². The van der Waals surface area contributed by atoms with Crippen molar-refractivity contribution in [1.82, 2.24) is 4.90 Å². The predicted octanol–water partition coefficient (Wildman–Crippen LogP) is 1.61. The van der Waals surface area contributed by atoms with Crippen LogP contribution < -0.4 is 5.32 Å². The van der Waals surface area contributed by atoms with Crippen molar-refractivity contribution in [2.45, 2.75) is 21.8 Å². The van der Waals surface area contributed by atoms with Gasteiger partial charge in [0, 0.05) is 30.2 Å². The monoisotopic (exact) mass is 366 g/mol. The minimum atomic E-state index is -0.446. The molecule has 1 aromatic rings. The van der Waals surface area contributed by atoms with Gasteiger partial charge >= 0.3 is 5.97 Å². The van der Waals surface area contributed by atoms with E-state index in [0.29, 0.717) is 18.8 Å². The standard InChI is InChI=1S/C16H18N2O4S2/c1-22-16(21)13-9-18(6-7-23-13)14(19)8-12-15(20)17-10-4-2-3-5-11(10)24-12/h2-5,12-13H,6-9H2,1H3,(H,17,20)/t12-,13+/m0/s1. The minimum absolute atomic E-state index is 0.101. The molecule has 0 unspecified atom stereocenters. The van der Waals surface area contributed by atoms with E-state index in [1.54, 1.807) is 4.90 Å². The van der Waals surface area contributed by atoms with Crippen LogP contribution in [0.3, 0.4) is 0 Å². The molecule has 1 N–H and O–H groups in total. The predicted molar refractivity (Wildman–Crippen MR) is 94.2 cm³/mol. The number of carbonyl (C=O) groups excluding carboxylic acids is 3. The topological polar surface area (TPSA) is 75.7 Å². The van der Waals surface area contributed by atoms with Gasteiger partial charge in [-0.1, -0.05) is 12.1 Å². The second-order valence-electron chi connectivity index (χ2n) is 5.52. The van der Waals surface area contributed by atoms with E-state index in [4.69, 9.17) is 4.74 Å². The Morgan fingerprint density at radius 3 is 2.96 bits per heavy atom. The van der Waals surface area contributed by atoms with Crippen LogP contribution in [0.15, 0.2) is 29.2 Å². The molecule has 1 saturated heterocycles. The first kappa shape index (κ1) is 17.2. The average molecular weight is 366 g/mol. The first-order chi connectivity index (χ1) is 11.6. The van der Waals surface area contributed by atoms with Gasteiger partial charge in [-0.25, -0.2) is 0 Å². The van der Waals surface area contributed by atoms with Crippen LogP contribution in [0.1, 0.15) is 6.42 Å². The number of thioether (sulfide) groups is 2. The number of hydrogen-bond donors (Lipinski definition) is 1. The van der Waals surface area contributed by atoms with E-state index in [2.05, 4.69) is 5.32 Å². The maximum absolute atomic E-state index is 12.6. The Balaban J connectivity index is 1.62. The molecule has 0 bridgehead atoms. The summed E-state index contributed by atoms with van der Waals surface area (Å²) in [7, 11) is 1.35. The lowest BCUT2D eigenvalue weighted by molar-refractivity contribution is -0.141. The minimum Gasteiger partial charge on any atom is -0.468 e. The Bertz CT molecular complexity index is 667. The maximum Gasteiger partial charge on any atom is 0.320 e. The van der Waals surface area contributed by atoms with Crippen LogP contribution in [-0.2, 0) is 19.1 Å². The molecule has 0 radical (unpaired) electrons. The summed E-state index contributed by atoms with van der Waals surface area (Å²) in [5, 5.41) is 2.05. The molecule has 1 fully saturated rings. The number of carbonyl (C=O) groups is 3. The van der Waals surface area contributed by atoms with Crippen molar-refractivity contribution in [3.63, 3.8) is 0 Å². The van der Waals surface area contributed by atoms with Crippen LogP contribution >= 0.6 is 23.5 Å². The van der Waals surface area contributed by atoms with Crippen molar-refractivity contribution in [2.24, 2.45) is 0 Å². The number of nitrogens with zero attached hydrogens (tertiary/aromatic N) is 1. The second-order valence-corrected chi connectivity index (χ2v) is 8.07. The summed E-state index contributed by atoms with van der Waals surface area (Å²) < 4.78 is 4.76. The highest BCUT2D eigenvalue weighted by atomic mass is 32.2. The number of anilines is 1. The summed E-state index contributed by atoms with van der Waals surface area (Å²) in [5.74, 6) is 0.133. The van der Waals surface area contributed by atoms with Crippen LogP contribution in [0.5, 0.6) is 0 Å². The number of benzene rings is 1. The Labute approximate surface area is 148 Å². The molecule has 2 atom stereocenters. The molecule has 2 aliphatic rings. The van der Waals surface area contributed by atoms with E-state index in [1.807, 2.05) is 24.3 Å². The zero-order valence-corrected chi connectivity index (χ0v) is 14.8. The van der Waals surface area contributed by atoms with Crippen LogP contribution in [0.25, 0.3) is 0 Å². The number of hydrogen-bond acceptors (Lipinski definition) is 6. The summed E-state index contributed by atoms with van der Waals surface area (Å²) in [6.07, 6.45) is 0.128. The lowest BCUT2D eigenvalue weighted by atomic mass is 10.2. The summed E-state index contributed by atoms with van der Waals surface area (Å²) in [6.45, 7) is 0.929. The smallest absolute Gasteiger partial charge is 0.320 e. The van der Waals surface area contributed by atoms with Gasteiger partial charge in [-0.15, -0.1) is 23.5 Å². The lowest BCUT2D eigenvalue weighted by Gasteiger charge is -2.32. The fraction of sp³-hybridized carbons (Fsp3) is 0.438. The third kappa shape index (κ3) is 3.70. The van der Waals surface area contributed by atoms with Gasteiger partial charge in [0.25, 0.3) is 0 Å². The molecular formula is C16H18N2O4S2. The quantitative estimate of drug-likeness (QED) is 0.819. The van der Waals surface area contributed by atoms with Crippen molar-refractivity contribution in [3.05, 3.63) is 24.3 Å². The Morgan fingerprint density at radius 2 is 2.17 bits per heavy atom. The van der Waals surface area contributed by atoms with Gasteiger partial charge in [0.05, 0.1) is 18.0 Å². The van der Waals surface area contributed by atoms with E-state index in [0.717, 1.165) is 10.6 Å². The highest BCUT2D eigenvalue weighted by Crippen LogP contribution is 2.37. The fourth-order valence-corrected chi connectivity index (χ4v) is 4.89. The van der Waals surface area contributed by atoms with E-state index in [9.17, 15) is 14.4 Å². The molecule has 24 heavy (non-hydrogen) atoms. The Morgan fingerprint density at radius 1 is 1.38 bits per heavy atom. The van der Waals surface area contributed by atoms with Gasteiger partial charge in [-0.05, 0) is 12.1 Å². The van der Waals surface area contributed by atoms with E-state index >= 15 is 0 Å². The summed E-state index contributed by atoms with van der Waals surface area (Å²) in [5.41, 5.74) is 0.788. The maximum atomic E-state index is 12.6. The summed E-state index contributed by atoms with van der Waals surface area (Å²) >= 11 is 2.91. The number of ether oxygens (including phenoxy) is 1. The van der Waals surface area contributed by atoms with E-state index < -0.39 is 5.25 Å². The van der Waals surface area contributed by atoms with Crippen molar-refractivity contribution >= 4 is 47.0 Å². The number of nitrogens with one attached hydrogen (secondary N) is 1. The zero-order valence-electron chi connectivity index (χ0n) is 13.2. The number of fused-ring (bicyclic) bond motifs is 1. The molecule has 0 spiro atoms. The van der Waals surface area contributed by atoms with Crippen molar-refractivity contribution < 1.29 is 19.1 Å². The highest BCUT2D eigenvalue weighted by Gasteiger charge is 2.34. The molecule has 2 heterocycles. The number of para-hydroxylation sites is 1. The van der Waals surface area contributed by atoms with Crippen LogP contribution in [0.4, 0.5) is 5.69 Å². The molecule has 0 saturated carbocycles. The summed E-state index contributed by atoms with van der Waals surface area (Å²) in [4.78, 5) is 39.1. The van der Waals surface area contributed by atoms with Gasteiger partial charge in [-0.2, -0.15) is 0 Å². The number of rotatable bonds is 3. The molecule has 2 aliphatic heterocycles. The van der Waals surface area contributed by atoms with Gasteiger partial charge in [0.2, 0.25) is 11.8 Å². The van der Waals surface area contributed by atoms with E-state index in [1.165, 1.54) is 30.6 Å². The van der Waals surface area contributed by atoms with Crippen molar-refractivity contribution in [2.75, 3.05) is 31.3 Å². The molecule has 6 nitrogen and oxygen atoms in total. The molecule has 1 aromatic carbocycles. The molecular weight excluding hydrogens is 348 g/mol. The Kier molecular flexibility index (Phi) is 5.35. The lowest BCUT2D eigenvalue weighted by Crippen LogP contribution is -2.46. The van der Waals surface area contributed by atoms with Crippen molar-refractivity contribution in [1.29, 1.82) is 0 Å². The highest BCUT2D eigenvalue weighted by molar-refractivity contribution is 8.01. The van der Waals surface area contributed by atoms with Gasteiger partial charge < -0.3 is 15.0 Å². The third-order valence-corrected chi connectivity index (χ3v) is 6.39. The van der Waals surface area contributed by atoms with Gasteiger partial charge in [0.15, 0.2) is 0 Å². The molecule has 2 amide bonds. The average Bonchev–Trinajstić information content (AvgIpc) is 2.61. The Hall–Kier alpha value is -1.67. The van der Waals surface area contributed by atoms with Crippen molar-refractivity contribution in [3.8, 4) is 0 Å². The van der Waals surface area contributed by atoms with E-state index in [-0.39, 0.29) is 29.5 Å². The van der Waals surface area contributed by atoms with Crippen LogP contribution in [0, 0.1) is 0 Å². The molecule has 3 rings (SSSR count). The fourth-order valence-electron chi connectivity index (χ4n) is 2.66. The molecule has 0 aromatic heterocycles. The number of esters is 1. The van der Waals surface area contributed by atoms with Gasteiger partial charge in [0.1, 0.15) is 5.25 Å². The normalized spacial score (nSPS) is 23.2. The third-order valence-electron chi connectivity index (χ3n) is 3.95. The summed E-state index contributed by atoms with van der Waals surface area (Å²) in [6, 6.07) is 7.55. The van der Waals surface area contributed by atoms with Crippen LogP contribution in [-0.4, -0.2) is 59.1 Å². The molecule has 128 valence electrons. The number of methoxy groups -OCH3 is 1. The number of amides is 2. The SMILES string of the molecule is COC(=O)[C@H]1CN(C(=O)C[C@@H]2Sc3ccccc3NC2=O)CCS1. The first-order valence-corrected chi connectivity index (χ1v) is 9.55. The molecule has 8 heteroatoms. The first-order valence-electron chi connectivity index (χ1n) is 7.62. The second kappa shape index (κ2) is 7.48.